The Hall–Kier alpha value is -2.09. The molecule has 1 fully saturated rings. The number of ether oxygens (including phenoxy) is 1. The van der Waals surface area contributed by atoms with Crippen molar-refractivity contribution in [2.75, 3.05) is 20.2 Å². The highest BCUT2D eigenvalue weighted by molar-refractivity contribution is 7.88. The van der Waals surface area contributed by atoms with Gasteiger partial charge in [0, 0.05) is 24.0 Å². The van der Waals surface area contributed by atoms with E-state index < -0.39 is 10.0 Å². The first-order valence-electron chi connectivity index (χ1n) is 10.5. The van der Waals surface area contributed by atoms with Crippen LogP contribution in [0.3, 0.4) is 0 Å². The van der Waals surface area contributed by atoms with E-state index in [0.717, 1.165) is 17.7 Å². The van der Waals surface area contributed by atoms with Crippen molar-refractivity contribution in [3.63, 3.8) is 0 Å². The SMILES string of the molecule is CCC(NC(=O)C1CCN(S(=O)(=O)Cc2cccc(Cl)c2)CC1)c1ccc(OC)cc1. The number of hydrogen-bond acceptors (Lipinski definition) is 4. The van der Waals surface area contributed by atoms with Crippen LogP contribution in [0.25, 0.3) is 0 Å². The van der Waals surface area contributed by atoms with Crippen molar-refractivity contribution in [1.29, 1.82) is 0 Å². The number of nitrogens with one attached hydrogen (secondary N) is 1. The van der Waals surface area contributed by atoms with Gasteiger partial charge in [-0.05, 0) is 54.7 Å². The molecule has 2 aromatic carbocycles. The van der Waals surface area contributed by atoms with Crippen LogP contribution in [-0.2, 0) is 20.6 Å². The number of methoxy groups -OCH3 is 1. The number of halogens is 1. The highest BCUT2D eigenvalue weighted by Crippen LogP contribution is 2.25. The Morgan fingerprint density at radius 3 is 2.45 bits per heavy atom. The van der Waals surface area contributed by atoms with Crippen LogP contribution < -0.4 is 10.1 Å². The number of piperidine rings is 1. The highest BCUT2D eigenvalue weighted by atomic mass is 35.5. The lowest BCUT2D eigenvalue weighted by Gasteiger charge is -2.31. The van der Waals surface area contributed by atoms with Gasteiger partial charge in [0.05, 0.1) is 18.9 Å². The van der Waals surface area contributed by atoms with Gasteiger partial charge < -0.3 is 10.1 Å². The molecule has 1 aliphatic rings. The smallest absolute Gasteiger partial charge is 0.223 e. The molecule has 1 saturated heterocycles. The third-order valence-electron chi connectivity index (χ3n) is 5.70. The summed E-state index contributed by atoms with van der Waals surface area (Å²) in [6.07, 6.45) is 1.80. The van der Waals surface area contributed by atoms with E-state index in [0.29, 0.717) is 36.5 Å². The van der Waals surface area contributed by atoms with Crippen LogP contribution in [0, 0.1) is 5.92 Å². The monoisotopic (exact) mass is 464 g/mol. The van der Waals surface area contributed by atoms with Crippen molar-refractivity contribution in [3.8, 4) is 5.75 Å². The molecule has 1 heterocycles. The summed E-state index contributed by atoms with van der Waals surface area (Å²) < 4.78 is 32.2. The second kappa shape index (κ2) is 10.5. The molecule has 0 spiro atoms. The van der Waals surface area contributed by atoms with Gasteiger partial charge in [-0.2, -0.15) is 0 Å². The van der Waals surface area contributed by atoms with E-state index in [-0.39, 0.29) is 23.6 Å². The van der Waals surface area contributed by atoms with Crippen LogP contribution in [0.1, 0.15) is 43.4 Å². The minimum atomic E-state index is -3.45. The molecular weight excluding hydrogens is 436 g/mol. The molecule has 1 N–H and O–H groups in total. The topological polar surface area (TPSA) is 75.7 Å². The van der Waals surface area contributed by atoms with Gasteiger partial charge in [-0.25, -0.2) is 12.7 Å². The van der Waals surface area contributed by atoms with E-state index in [4.69, 9.17) is 16.3 Å². The average molecular weight is 465 g/mol. The quantitative estimate of drug-likeness (QED) is 0.636. The summed E-state index contributed by atoms with van der Waals surface area (Å²) in [7, 11) is -1.83. The zero-order chi connectivity index (χ0) is 22.4. The third-order valence-corrected chi connectivity index (χ3v) is 7.78. The summed E-state index contributed by atoms with van der Waals surface area (Å²) in [5.41, 5.74) is 1.69. The molecular formula is C23H29ClN2O4S. The lowest BCUT2D eigenvalue weighted by atomic mass is 9.95. The normalized spacial score (nSPS) is 16.6. The van der Waals surface area contributed by atoms with E-state index in [2.05, 4.69) is 5.32 Å². The van der Waals surface area contributed by atoms with Crippen LogP contribution in [0.4, 0.5) is 0 Å². The standard InChI is InChI=1S/C23H29ClN2O4S/c1-3-22(18-7-9-21(30-2)10-8-18)25-23(27)19-11-13-26(14-12-19)31(28,29)16-17-5-4-6-20(24)15-17/h4-10,15,19,22H,3,11-14,16H2,1-2H3,(H,25,27). The summed E-state index contributed by atoms with van der Waals surface area (Å²) in [6, 6.07) is 14.5. The van der Waals surface area contributed by atoms with Crippen molar-refractivity contribution < 1.29 is 17.9 Å². The molecule has 31 heavy (non-hydrogen) atoms. The minimum Gasteiger partial charge on any atom is -0.497 e. The highest BCUT2D eigenvalue weighted by Gasteiger charge is 2.32. The number of amides is 1. The number of hydrogen-bond donors (Lipinski definition) is 1. The summed E-state index contributed by atoms with van der Waals surface area (Å²) in [6.45, 7) is 2.72. The van der Waals surface area contributed by atoms with Gasteiger partial charge in [-0.3, -0.25) is 4.79 Å². The third kappa shape index (κ3) is 6.21. The van der Waals surface area contributed by atoms with E-state index in [1.807, 2.05) is 31.2 Å². The maximum atomic E-state index is 12.8. The molecule has 1 aliphatic heterocycles. The summed E-state index contributed by atoms with van der Waals surface area (Å²) >= 11 is 5.97. The summed E-state index contributed by atoms with van der Waals surface area (Å²) in [5, 5.41) is 3.65. The number of carbonyl (C=O) groups is 1. The fourth-order valence-corrected chi connectivity index (χ4v) is 5.64. The van der Waals surface area contributed by atoms with Gasteiger partial charge in [-0.1, -0.05) is 42.8 Å². The van der Waals surface area contributed by atoms with E-state index in [9.17, 15) is 13.2 Å². The predicted octanol–water partition coefficient (Wildman–Crippen LogP) is 4.16. The zero-order valence-corrected chi connectivity index (χ0v) is 19.5. The Bertz CT molecular complexity index is 987. The molecule has 0 aromatic heterocycles. The molecule has 2 aromatic rings. The molecule has 168 valence electrons. The Labute approximate surface area is 189 Å². The first-order valence-corrected chi connectivity index (χ1v) is 12.5. The number of carbonyl (C=O) groups excluding carboxylic acids is 1. The molecule has 1 amide bonds. The Morgan fingerprint density at radius 2 is 1.87 bits per heavy atom. The van der Waals surface area contributed by atoms with Crippen molar-refractivity contribution in [2.24, 2.45) is 5.92 Å². The van der Waals surface area contributed by atoms with Crippen LogP contribution in [-0.4, -0.2) is 38.8 Å². The molecule has 1 atom stereocenters. The number of sulfonamides is 1. The van der Waals surface area contributed by atoms with E-state index >= 15 is 0 Å². The van der Waals surface area contributed by atoms with Crippen LogP contribution in [0.2, 0.25) is 5.02 Å². The maximum absolute atomic E-state index is 12.8. The van der Waals surface area contributed by atoms with Gasteiger partial charge in [0.1, 0.15) is 5.75 Å². The minimum absolute atomic E-state index is 0.0189. The second-order valence-electron chi connectivity index (χ2n) is 7.80. The fraction of sp³-hybridized carbons (Fsp3) is 0.435. The van der Waals surface area contributed by atoms with E-state index in [1.165, 1.54) is 4.31 Å². The lowest BCUT2D eigenvalue weighted by Crippen LogP contribution is -2.44. The van der Waals surface area contributed by atoms with Gasteiger partial charge in [0.2, 0.25) is 15.9 Å². The zero-order valence-electron chi connectivity index (χ0n) is 17.9. The number of nitrogens with zero attached hydrogens (tertiary/aromatic N) is 1. The molecule has 0 radical (unpaired) electrons. The van der Waals surface area contributed by atoms with Gasteiger partial charge in [0.25, 0.3) is 0 Å². The van der Waals surface area contributed by atoms with Crippen LogP contribution in [0.5, 0.6) is 5.75 Å². The molecule has 0 bridgehead atoms. The fourth-order valence-electron chi connectivity index (χ4n) is 3.87. The van der Waals surface area contributed by atoms with Crippen LogP contribution in [0.15, 0.2) is 48.5 Å². The second-order valence-corrected chi connectivity index (χ2v) is 10.2. The first-order chi connectivity index (χ1) is 14.8. The van der Waals surface area contributed by atoms with Crippen molar-refractivity contribution in [1.82, 2.24) is 9.62 Å². The van der Waals surface area contributed by atoms with E-state index in [1.54, 1.807) is 31.4 Å². The lowest BCUT2D eigenvalue weighted by molar-refractivity contribution is -0.126. The van der Waals surface area contributed by atoms with Gasteiger partial charge >= 0.3 is 0 Å². The molecule has 1 unspecified atom stereocenters. The number of benzene rings is 2. The van der Waals surface area contributed by atoms with Crippen molar-refractivity contribution >= 4 is 27.5 Å². The predicted molar refractivity (Wildman–Crippen MR) is 123 cm³/mol. The molecule has 3 rings (SSSR count). The summed E-state index contributed by atoms with van der Waals surface area (Å²) in [5.74, 6) is 0.482. The van der Waals surface area contributed by atoms with Crippen molar-refractivity contribution in [3.05, 3.63) is 64.7 Å². The molecule has 6 nitrogen and oxygen atoms in total. The molecule has 0 saturated carbocycles. The average Bonchev–Trinajstić information content (AvgIpc) is 2.77. The largest absolute Gasteiger partial charge is 0.497 e. The van der Waals surface area contributed by atoms with Crippen LogP contribution >= 0.6 is 11.6 Å². The Balaban J connectivity index is 1.56. The first kappa shape index (κ1) is 23.6. The maximum Gasteiger partial charge on any atom is 0.223 e. The Kier molecular flexibility index (Phi) is 7.97. The molecule has 0 aliphatic carbocycles. The van der Waals surface area contributed by atoms with Gasteiger partial charge in [-0.15, -0.1) is 0 Å². The van der Waals surface area contributed by atoms with Crippen molar-refractivity contribution in [2.45, 2.75) is 38.0 Å². The Morgan fingerprint density at radius 1 is 1.19 bits per heavy atom. The number of rotatable bonds is 8. The summed E-state index contributed by atoms with van der Waals surface area (Å²) in [4.78, 5) is 12.8. The molecule has 8 heteroatoms. The van der Waals surface area contributed by atoms with Gasteiger partial charge in [0.15, 0.2) is 0 Å².